The molecular weight excluding hydrogens is 314 g/mol. The number of hydrogen-bond acceptors (Lipinski definition) is 4. The molecule has 2 N–H and O–H groups in total. The van der Waals surface area contributed by atoms with Gasteiger partial charge in [-0.15, -0.1) is 0 Å². The summed E-state index contributed by atoms with van der Waals surface area (Å²) in [7, 11) is 0. The molecular formula is C19H19N5O. The van der Waals surface area contributed by atoms with Gasteiger partial charge in [-0.25, -0.2) is 4.98 Å². The van der Waals surface area contributed by atoms with Gasteiger partial charge in [-0.2, -0.15) is 5.26 Å². The van der Waals surface area contributed by atoms with Crippen molar-refractivity contribution in [3.8, 4) is 6.07 Å². The third-order valence-electron chi connectivity index (χ3n) is 4.74. The molecule has 1 saturated heterocycles. The highest BCUT2D eigenvalue weighted by molar-refractivity contribution is 5.87. The molecule has 2 aromatic heterocycles. The fourth-order valence-electron chi connectivity index (χ4n) is 3.46. The second kappa shape index (κ2) is 6.10. The van der Waals surface area contributed by atoms with Crippen molar-refractivity contribution in [2.75, 3.05) is 11.9 Å². The molecule has 1 unspecified atom stereocenters. The Balaban J connectivity index is 1.91. The number of nitriles is 1. The number of aromatic nitrogens is 2. The van der Waals surface area contributed by atoms with Crippen LogP contribution in [0.2, 0.25) is 0 Å². The minimum atomic E-state index is -0.279. The van der Waals surface area contributed by atoms with Crippen molar-refractivity contribution in [1.29, 1.82) is 5.26 Å². The molecule has 6 nitrogen and oxygen atoms in total. The summed E-state index contributed by atoms with van der Waals surface area (Å²) >= 11 is 0. The Morgan fingerprint density at radius 3 is 3.04 bits per heavy atom. The maximum Gasteiger partial charge on any atom is 0.242 e. The summed E-state index contributed by atoms with van der Waals surface area (Å²) in [4.78, 5) is 17.0. The number of rotatable bonds is 2. The van der Waals surface area contributed by atoms with Crippen LogP contribution < -0.4 is 10.6 Å². The van der Waals surface area contributed by atoms with Gasteiger partial charge in [0.1, 0.15) is 17.9 Å². The largest absolute Gasteiger partial charge is 0.359 e. The third-order valence-corrected chi connectivity index (χ3v) is 4.74. The molecule has 25 heavy (non-hydrogen) atoms. The number of para-hydroxylation sites is 2. The fraction of sp³-hybridized carbons (Fsp3) is 0.316. The fourth-order valence-corrected chi connectivity index (χ4v) is 3.46. The van der Waals surface area contributed by atoms with Gasteiger partial charge >= 0.3 is 0 Å². The lowest BCUT2D eigenvalue weighted by Gasteiger charge is -2.19. The van der Waals surface area contributed by atoms with Crippen LogP contribution in [0.15, 0.2) is 30.3 Å². The van der Waals surface area contributed by atoms with E-state index in [-0.39, 0.29) is 11.9 Å². The highest BCUT2D eigenvalue weighted by Gasteiger charge is 2.23. The number of amides is 1. The van der Waals surface area contributed by atoms with Crippen LogP contribution in [-0.4, -0.2) is 27.9 Å². The second-order valence-electron chi connectivity index (χ2n) is 6.44. The maximum atomic E-state index is 12.3. The Bertz CT molecular complexity index is 1010. The summed E-state index contributed by atoms with van der Waals surface area (Å²) in [5.41, 5.74) is 3.79. The third kappa shape index (κ3) is 2.58. The lowest BCUT2D eigenvalue weighted by molar-refractivity contribution is -0.121. The number of nitrogens with one attached hydrogen (secondary N) is 2. The van der Waals surface area contributed by atoms with Gasteiger partial charge in [-0.05, 0) is 49.9 Å². The number of nitrogens with zero attached hydrogens (tertiary/aromatic N) is 3. The SMILES string of the molecule is Cc1cc(NC2CCCCNC2=O)n2c(nc3ccccc32)c1C#N. The smallest absolute Gasteiger partial charge is 0.242 e. The number of carbonyl (C=O) groups excluding carboxylic acids is 1. The molecule has 4 rings (SSSR count). The van der Waals surface area contributed by atoms with Crippen LogP contribution in [0.3, 0.4) is 0 Å². The number of anilines is 1. The van der Waals surface area contributed by atoms with E-state index in [1.807, 2.05) is 41.7 Å². The first-order valence-electron chi connectivity index (χ1n) is 8.54. The van der Waals surface area contributed by atoms with Crippen molar-refractivity contribution < 1.29 is 4.79 Å². The van der Waals surface area contributed by atoms with Gasteiger partial charge in [-0.1, -0.05) is 12.1 Å². The first-order valence-corrected chi connectivity index (χ1v) is 8.54. The van der Waals surface area contributed by atoms with Crippen molar-refractivity contribution in [2.45, 2.75) is 32.2 Å². The minimum absolute atomic E-state index is 0.0251. The predicted octanol–water partition coefficient (Wildman–Crippen LogP) is 2.75. The van der Waals surface area contributed by atoms with Crippen LogP contribution in [0.25, 0.3) is 16.7 Å². The first kappa shape index (κ1) is 15.5. The molecule has 126 valence electrons. The number of carbonyl (C=O) groups is 1. The van der Waals surface area contributed by atoms with Crippen molar-refractivity contribution >= 4 is 28.4 Å². The molecule has 0 saturated carbocycles. The summed E-state index contributed by atoms with van der Waals surface area (Å²) in [5, 5.41) is 15.9. The minimum Gasteiger partial charge on any atom is -0.359 e. The van der Waals surface area contributed by atoms with E-state index in [0.717, 1.165) is 48.2 Å². The van der Waals surface area contributed by atoms with Gasteiger partial charge < -0.3 is 10.6 Å². The molecule has 1 aromatic carbocycles. The maximum absolute atomic E-state index is 12.3. The van der Waals surface area contributed by atoms with E-state index >= 15 is 0 Å². The number of imidazole rings is 1. The molecule has 1 aliphatic rings. The molecule has 1 atom stereocenters. The Labute approximate surface area is 145 Å². The average Bonchev–Trinajstić information content (AvgIpc) is 2.88. The number of aryl methyl sites for hydroxylation is 1. The Morgan fingerprint density at radius 1 is 1.36 bits per heavy atom. The Kier molecular flexibility index (Phi) is 3.77. The monoisotopic (exact) mass is 333 g/mol. The highest BCUT2D eigenvalue weighted by Crippen LogP contribution is 2.27. The molecule has 0 radical (unpaired) electrons. The van der Waals surface area contributed by atoms with Crippen LogP contribution >= 0.6 is 0 Å². The average molecular weight is 333 g/mol. The molecule has 0 bridgehead atoms. The van der Waals surface area contributed by atoms with Crippen LogP contribution in [0, 0.1) is 18.3 Å². The van der Waals surface area contributed by atoms with E-state index in [1.54, 1.807) is 0 Å². The number of fused-ring (bicyclic) bond motifs is 3. The van der Waals surface area contributed by atoms with E-state index in [1.165, 1.54) is 0 Å². The molecule has 3 heterocycles. The van der Waals surface area contributed by atoms with Gasteiger partial charge in [0.25, 0.3) is 0 Å². The van der Waals surface area contributed by atoms with Gasteiger partial charge in [0, 0.05) is 6.54 Å². The lowest BCUT2D eigenvalue weighted by Crippen LogP contribution is -2.38. The van der Waals surface area contributed by atoms with Crippen molar-refractivity contribution in [3.05, 3.63) is 41.5 Å². The zero-order valence-corrected chi connectivity index (χ0v) is 14.0. The van der Waals surface area contributed by atoms with Crippen molar-refractivity contribution in [2.24, 2.45) is 0 Å². The molecule has 0 spiro atoms. The van der Waals surface area contributed by atoms with Crippen LogP contribution in [0.5, 0.6) is 0 Å². The Morgan fingerprint density at radius 2 is 2.20 bits per heavy atom. The van der Waals surface area contributed by atoms with E-state index in [4.69, 9.17) is 0 Å². The van der Waals surface area contributed by atoms with Gasteiger partial charge in [0.05, 0.1) is 16.6 Å². The van der Waals surface area contributed by atoms with E-state index in [2.05, 4.69) is 21.7 Å². The van der Waals surface area contributed by atoms with Crippen LogP contribution in [-0.2, 0) is 4.79 Å². The van der Waals surface area contributed by atoms with E-state index in [9.17, 15) is 10.1 Å². The number of hydrogen-bond donors (Lipinski definition) is 2. The summed E-state index contributed by atoms with van der Waals surface area (Å²) in [6, 6.07) is 11.7. The first-order chi connectivity index (χ1) is 12.2. The predicted molar refractivity (Wildman–Crippen MR) is 96.4 cm³/mol. The summed E-state index contributed by atoms with van der Waals surface area (Å²) in [5.74, 6) is 0.819. The molecule has 0 aliphatic carbocycles. The second-order valence-corrected chi connectivity index (χ2v) is 6.44. The highest BCUT2D eigenvalue weighted by atomic mass is 16.2. The zero-order valence-electron chi connectivity index (χ0n) is 14.0. The summed E-state index contributed by atoms with van der Waals surface area (Å²) in [6.45, 7) is 2.63. The number of pyridine rings is 1. The van der Waals surface area contributed by atoms with Gasteiger partial charge in [0.2, 0.25) is 5.91 Å². The number of benzene rings is 1. The standard InChI is InChI=1S/C19H19N5O/c1-12-10-17(22-15-7-4-5-9-21-19(15)25)24-16-8-3-2-6-14(16)23-18(24)13(12)11-20/h2-3,6,8,10,15,22H,4-5,7,9H2,1H3,(H,21,25). The van der Waals surface area contributed by atoms with Crippen LogP contribution in [0.4, 0.5) is 5.82 Å². The van der Waals surface area contributed by atoms with Gasteiger partial charge in [-0.3, -0.25) is 9.20 Å². The molecule has 3 aromatic rings. The Hall–Kier alpha value is -3.07. The van der Waals surface area contributed by atoms with Crippen molar-refractivity contribution in [1.82, 2.24) is 14.7 Å². The molecule has 6 heteroatoms. The quantitative estimate of drug-likeness (QED) is 0.755. The molecule has 1 fully saturated rings. The molecule has 1 amide bonds. The summed E-state index contributed by atoms with van der Waals surface area (Å²) < 4.78 is 1.94. The zero-order chi connectivity index (χ0) is 17.4. The topological polar surface area (TPSA) is 82.2 Å². The summed E-state index contributed by atoms with van der Waals surface area (Å²) in [6.07, 6.45) is 2.79. The van der Waals surface area contributed by atoms with E-state index < -0.39 is 0 Å². The van der Waals surface area contributed by atoms with Crippen molar-refractivity contribution in [3.63, 3.8) is 0 Å². The lowest BCUT2D eigenvalue weighted by atomic mass is 10.1. The normalized spacial score (nSPS) is 17.9. The van der Waals surface area contributed by atoms with E-state index in [0.29, 0.717) is 11.2 Å². The van der Waals surface area contributed by atoms with Crippen LogP contribution in [0.1, 0.15) is 30.4 Å². The van der Waals surface area contributed by atoms with Gasteiger partial charge in [0.15, 0.2) is 5.65 Å². The molecule has 1 aliphatic heterocycles.